The molecular formula is C15H17N3. The molecule has 1 heterocycles. The van der Waals surface area contributed by atoms with Gasteiger partial charge in [-0.25, -0.2) is 0 Å². The van der Waals surface area contributed by atoms with E-state index in [2.05, 4.69) is 22.4 Å². The molecule has 0 saturated heterocycles. The van der Waals surface area contributed by atoms with Crippen LogP contribution in [0.2, 0.25) is 0 Å². The second-order valence-corrected chi connectivity index (χ2v) is 4.84. The average molecular weight is 239 g/mol. The van der Waals surface area contributed by atoms with Gasteiger partial charge in [-0.3, -0.25) is 4.98 Å². The standard InChI is InChI=1S/C15H17N3/c16-13-5-4-11-8-15(9-12(11)7-13)18-10-14-3-1-2-6-17-14/h1-7,15,18H,8-10,16H2. The fourth-order valence-electron chi connectivity index (χ4n) is 2.53. The summed E-state index contributed by atoms with van der Waals surface area (Å²) < 4.78 is 0. The first kappa shape index (κ1) is 11.2. The normalized spacial score (nSPS) is 17.7. The van der Waals surface area contributed by atoms with Crippen LogP contribution in [0.15, 0.2) is 42.6 Å². The zero-order chi connectivity index (χ0) is 12.4. The Morgan fingerprint density at radius 3 is 2.89 bits per heavy atom. The van der Waals surface area contributed by atoms with Crippen molar-refractivity contribution in [3.8, 4) is 0 Å². The van der Waals surface area contributed by atoms with E-state index in [1.807, 2.05) is 30.5 Å². The van der Waals surface area contributed by atoms with E-state index in [4.69, 9.17) is 5.73 Å². The topological polar surface area (TPSA) is 50.9 Å². The highest BCUT2D eigenvalue weighted by Crippen LogP contribution is 2.24. The van der Waals surface area contributed by atoms with Crippen molar-refractivity contribution in [2.45, 2.75) is 25.4 Å². The predicted octanol–water partition coefficient (Wildman–Crippen LogP) is 1.92. The molecule has 1 aliphatic carbocycles. The first-order valence-corrected chi connectivity index (χ1v) is 6.32. The van der Waals surface area contributed by atoms with Crippen LogP contribution >= 0.6 is 0 Å². The first-order chi connectivity index (χ1) is 8.81. The van der Waals surface area contributed by atoms with Gasteiger partial charge in [0.25, 0.3) is 0 Å². The van der Waals surface area contributed by atoms with E-state index in [1.165, 1.54) is 11.1 Å². The summed E-state index contributed by atoms with van der Waals surface area (Å²) in [6.07, 6.45) is 3.98. The van der Waals surface area contributed by atoms with E-state index in [9.17, 15) is 0 Å². The largest absolute Gasteiger partial charge is 0.399 e. The maximum Gasteiger partial charge on any atom is 0.0541 e. The number of hydrogen-bond acceptors (Lipinski definition) is 3. The molecule has 0 saturated carbocycles. The summed E-state index contributed by atoms with van der Waals surface area (Å²) in [6.45, 7) is 0.828. The van der Waals surface area contributed by atoms with Crippen molar-refractivity contribution < 1.29 is 0 Å². The van der Waals surface area contributed by atoms with E-state index < -0.39 is 0 Å². The maximum absolute atomic E-state index is 5.81. The van der Waals surface area contributed by atoms with Gasteiger partial charge in [0.1, 0.15) is 0 Å². The molecular weight excluding hydrogens is 222 g/mol. The molecule has 3 N–H and O–H groups in total. The van der Waals surface area contributed by atoms with E-state index in [1.54, 1.807) is 0 Å². The maximum atomic E-state index is 5.81. The van der Waals surface area contributed by atoms with Gasteiger partial charge in [0.15, 0.2) is 0 Å². The monoisotopic (exact) mass is 239 g/mol. The molecule has 1 aromatic carbocycles. The second-order valence-electron chi connectivity index (χ2n) is 4.84. The zero-order valence-electron chi connectivity index (χ0n) is 10.3. The number of anilines is 1. The fraction of sp³-hybridized carbons (Fsp3) is 0.267. The van der Waals surface area contributed by atoms with Crippen LogP contribution in [0.5, 0.6) is 0 Å². The Morgan fingerprint density at radius 1 is 1.17 bits per heavy atom. The Labute approximate surface area is 107 Å². The molecule has 0 fully saturated rings. The molecule has 0 bridgehead atoms. The number of pyridine rings is 1. The number of benzene rings is 1. The molecule has 0 amide bonds. The van der Waals surface area contributed by atoms with Crippen molar-refractivity contribution in [1.82, 2.24) is 10.3 Å². The van der Waals surface area contributed by atoms with Gasteiger partial charge in [-0.05, 0) is 48.2 Å². The summed E-state index contributed by atoms with van der Waals surface area (Å²) in [5.74, 6) is 0. The van der Waals surface area contributed by atoms with E-state index in [0.717, 1.165) is 30.8 Å². The molecule has 1 aromatic heterocycles. The van der Waals surface area contributed by atoms with Crippen molar-refractivity contribution in [3.63, 3.8) is 0 Å². The van der Waals surface area contributed by atoms with Gasteiger partial charge in [-0.1, -0.05) is 12.1 Å². The molecule has 1 unspecified atom stereocenters. The second kappa shape index (κ2) is 4.78. The van der Waals surface area contributed by atoms with Crippen LogP contribution in [0, 0.1) is 0 Å². The number of aromatic nitrogens is 1. The third-order valence-electron chi connectivity index (χ3n) is 3.46. The van der Waals surface area contributed by atoms with Crippen molar-refractivity contribution in [3.05, 3.63) is 59.4 Å². The predicted molar refractivity (Wildman–Crippen MR) is 73.1 cm³/mol. The summed E-state index contributed by atoms with van der Waals surface area (Å²) in [4.78, 5) is 4.32. The molecule has 3 heteroatoms. The van der Waals surface area contributed by atoms with Gasteiger partial charge in [0.2, 0.25) is 0 Å². The van der Waals surface area contributed by atoms with Crippen LogP contribution in [0.3, 0.4) is 0 Å². The van der Waals surface area contributed by atoms with Gasteiger partial charge in [-0.2, -0.15) is 0 Å². The number of rotatable bonds is 3. The minimum absolute atomic E-state index is 0.504. The van der Waals surface area contributed by atoms with Gasteiger partial charge in [0, 0.05) is 24.5 Å². The van der Waals surface area contributed by atoms with E-state index in [0.29, 0.717) is 6.04 Å². The molecule has 0 radical (unpaired) electrons. The highest BCUT2D eigenvalue weighted by Gasteiger charge is 2.20. The quantitative estimate of drug-likeness (QED) is 0.805. The van der Waals surface area contributed by atoms with Gasteiger partial charge in [-0.15, -0.1) is 0 Å². The summed E-state index contributed by atoms with van der Waals surface area (Å²) in [5, 5.41) is 3.56. The van der Waals surface area contributed by atoms with Crippen LogP contribution in [-0.2, 0) is 19.4 Å². The Morgan fingerprint density at radius 2 is 2.06 bits per heavy atom. The number of nitrogens with two attached hydrogens (primary N) is 1. The Hall–Kier alpha value is -1.87. The van der Waals surface area contributed by atoms with Gasteiger partial charge >= 0.3 is 0 Å². The average Bonchev–Trinajstić information content (AvgIpc) is 2.79. The number of hydrogen-bond donors (Lipinski definition) is 2. The zero-order valence-corrected chi connectivity index (χ0v) is 10.3. The third-order valence-corrected chi connectivity index (χ3v) is 3.46. The van der Waals surface area contributed by atoms with Crippen molar-refractivity contribution >= 4 is 5.69 Å². The number of fused-ring (bicyclic) bond motifs is 1. The van der Waals surface area contributed by atoms with Gasteiger partial charge < -0.3 is 11.1 Å². The third kappa shape index (κ3) is 2.36. The molecule has 2 aromatic rings. The number of nitrogens with one attached hydrogen (secondary N) is 1. The van der Waals surface area contributed by atoms with E-state index >= 15 is 0 Å². The summed E-state index contributed by atoms with van der Waals surface area (Å²) in [6, 6.07) is 12.7. The van der Waals surface area contributed by atoms with Crippen molar-refractivity contribution in [1.29, 1.82) is 0 Å². The van der Waals surface area contributed by atoms with Crippen LogP contribution in [-0.4, -0.2) is 11.0 Å². The van der Waals surface area contributed by atoms with Crippen LogP contribution < -0.4 is 11.1 Å². The van der Waals surface area contributed by atoms with Crippen LogP contribution in [0.25, 0.3) is 0 Å². The lowest BCUT2D eigenvalue weighted by Gasteiger charge is -2.11. The van der Waals surface area contributed by atoms with Crippen LogP contribution in [0.4, 0.5) is 5.69 Å². The molecule has 92 valence electrons. The summed E-state index contributed by atoms with van der Waals surface area (Å²) in [7, 11) is 0. The lowest BCUT2D eigenvalue weighted by Crippen LogP contribution is -2.29. The molecule has 1 atom stereocenters. The molecule has 0 spiro atoms. The lowest BCUT2D eigenvalue weighted by molar-refractivity contribution is 0.528. The minimum atomic E-state index is 0.504. The van der Waals surface area contributed by atoms with Crippen LogP contribution in [0.1, 0.15) is 16.8 Å². The smallest absolute Gasteiger partial charge is 0.0541 e. The molecule has 3 nitrogen and oxygen atoms in total. The summed E-state index contributed by atoms with van der Waals surface area (Å²) >= 11 is 0. The highest BCUT2D eigenvalue weighted by atomic mass is 14.9. The van der Waals surface area contributed by atoms with Gasteiger partial charge in [0.05, 0.1) is 5.69 Å². The molecule has 3 rings (SSSR count). The number of nitrogen functional groups attached to an aromatic ring is 1. The SMILES string of the molecule is Nc1ccc2c(c1)CC(NCc1ccccn1)C2. The summed E-state index contributed by atoms with van der Waals surface area (Å²) in [5.41, 5.74) is 10.6. The first-order valence-electron chi connectivity index (χ1n) is 6.32. The Kier molecular flexibility index (Phi) is 2.99. The van der Waals surface area contributed by atoms with Crippen molar-refractivity contribution in [2.75, 3.05) is 5.73 Å². The molecule has 1 aliphatic rings. The Balaban J connectivity index is 1.61. The Bertz CT molecular complexity index is 537. The van der Waals surface area contributed by atoms with Crippen molar-refractivity contribution in [2.24, 2.45) is 0 Å². The fourth-order valence-corrected chi connectivity index (χ4v) is 2.53. The van der Waals surface area contributed by atoms with E-state index in [-0.39, 0.29) is 0 Å². The number of nitrogens with zero attached hydrogens (tertiary/aromatic N) is 1. The highest BCUT2D eigenvalue weighted by molar-refractivity contribution is 5.47. The lowest BCUT2D eigenvalue weighted by atomic mass is 10.1. The minimum Gasteiger partial charge on any atom is -0.399 e. The molecule has 18 heavy (non-hydrogen) atoms. The molecule has 0 aliphatic heterocycles.